The van der Waals surface area contributed by atoms with Crippen LogP contribution in [0.5, 0.6) is 0 Å². The number of methoxy groups -OCH3 is 1. The molecule has 2 N–H and O–H groups in total. The smallest absolute Gasteiger partial charge is 0.320 e. The average Bonchev–Trinajstić information content (AvgIpc) is 2.80. The van der Waals surface area contributed by atoms with E-state index in [2.05, 4.69) is 41.1 Å². The summed E-state index contributed by atoms with van der Waals surface area (Å²) in [4.78, 5) is 11.8. The Hall–Kier alpha value is -1.56. The Morgan fingerprint density at radius 1 is 1.56 bits per heavy atom. The molecule has 2 amide bonds. The minimum absolute atomic E-state index is 0.0781. The summed E-state index contributed by atoms with van der Waals surface area (Å²) in [6.07, 6.45) is 2.20. The van der Waals surface area contributed by atoms with Crippen molar-refractivity contribution < 1.29 is 14.1 Å². The second-order valence-electron chi connectivity index (χ2n) is 5.40. The highest BCUT2D eigenvalue weighted by molar-refractivity contribution is 5.88. The van der Waals surface area contributed by atoms with E-state index >= 15 is 0 Å². The highest BCUT2D eigenvalue weighted by Crippen LogP contribution is 2.51. The third-order valence-electron chi connectivity index (χ3n) is 4.26. The van der Waals surface area contributed by atoms with E-state index in [9.17, 15) is 4.79 Å². The van der Waals surface area contributed by atoms with Gasteiger partial charge in [-0.3, -0.25) is 5.32 Å². The van der Waals surface area contributed by atoms with Gasteiger partial charge in [-0.05, 0) is 13.3 Å². The second kappa shape index (κ2) is 4.28. The van der Waals surface area contributed by atoms with Gasteiger partial charge in [0, 0.05) is 24.6 Å². The second-order valence-corrected chi connectivity index (χ2v) is 5.40. The van der Waals surface area contributed by atoms with Crippen molar-refractivity contribution in [2.75, 3.05) is 12.4 Å². The van der Waals surface area contributed by atoms with Crippen LogP contribution in [0.1, 0.15) is 27.2 Å². The zero-order chi connectivity index (χ0) is 13.4. The van der Waals surface area contributed by atoms with E-state index in [4.69, 9.17) is 4.74 Å². The summed E-state index contributed by atoms with van der Waals surface area (Å²) < 4.78 is 10.1. The maximum atomic E-state index is 11.8. The predicted octanol–water partition coefficient (Wildman–Crippen LogP) is 2.00. The molecular weight excluding hydrogens is 234 g/mol. The number of nitrogens with zero attached hydrogens (tertiary/aromatic N) is 1. The molecule has 1 saturated carbocycles. The predicted molar refractivity (Wildman–Crippen MR) is 66.3 cm³/mol. The van der Waals surface area contributed by atoms with Gasteiger partial charge in [-0.25, -0.2) is 4.79 Å². The van der Waals surface area contributed by atoms with Crippen LogP contribution in [0, 0.1) is 5.41 Å². The molecule has 0 aliphatic heterocycles. The van der Waals surface area contributed by atoms with E-state index in [0.29, 0.717) is 5.82 Å². The molecule has 1 aliphatic carbocycles. The molecule has 0 radical (unpaired) electrons. The molecule has 100 valence electrons. The average molecular weight is 253 g/mol. The third kappa shape index (κ3) is 1.96. The van der Waals surface area contributed by atoms with Gasteiger partial charge >= 0.3 is 6.03 Å². The largest absolute Gasteiger partial charge is 0.378 e. The summed E-state index contributed by atoms with van der Waals surface area (Å²) in [5.41, 5.74) is -0.304. The van der Waals surface area contributed by atoms with Gasteiger partial charge in [0.25, 0.3) is 0 Å². The van der Waals surface area contributed by atoms with E-state index in [1.165, 1.54) is 6.26 Å². The van der Waals surface area contributed by atoms with Gasteiger partial charge < -0.3 is 14.6 Å². The lowest BCUT2D eigenvalue weighted by Gasteiger charge is -2.58. The van der Waals surface area contributed by atoms with Crippen LogP contribution in [0.15, 0.2) is 16.9 Å². The first-order valence-corrected chi connectivity index (χ1v) is 5.92. The Balaban J connectivity index is 1.90. The van der Waals surface area contributed by atoms with Crippen molar-refractivity contribution >= 4 is 11.8 Å². The Labute approximate surface area is 106 Å². The molecular formula is C12H19N3O3. The molecule has 1 aliphatic rings. The van der Waals surface area contributed by atoms with Crippen molar-refractivity contribution in [1.29, 1.82) is 0 Å². The number of hydrogen-bond acceptors (Lipinski definition) is 4. The molecule has 2 atom stereocenters. The van der Waals surface area contributed by atoms with Gasteiger partial charge in [-0.15, -0.1) is 0 Å². The SMILES string of the molecule is CO[C@@]1(C)C[C@H](NC(=O)Nc2ccon2)C1(C)C. The number of carbonyl (C=O) groups excluding carboxylic acids is 1. The monoisotopic (exact) mass is 253 g/mol. The van der Waals surface area contributed by atoms with Gasteiger partial charge in [-0.1, -0.05) is 19.0 Å². The van der Waals surface area contributed by atoms with Gasteiger partial charge in [0.05, 0.1) is 5.60 Å². The van der Waals surface area contributed by atoms with E-state index < -0.39 is 0 Å². The lowest BCUT2D eigenvalue weighted by Crippen LogP contribution is -2.68. The first-order chi connectivity index (χ1) is 8.39. The summed E-state index contributed by atoms with van der Waals surface area (Å²) in [5.74, 6) is 0.402. The Morgan fingerprint density at radius 3 is 2.78 bits per heavy atom. The van der Waals surface area contributed by atoms with Crippen LogP contribution in [0.25, 0.3) is 0 Å². The van der Waals surface area contributed by atoms with Crippen LogP contribution in [-0.2, 0) is 4.74 Å². The van der Waals surface area contributed by atoms with Gasteiger partial charge in [0.2, 0.25) is 0 Å². The summed E-state index contributed by atoms with van der Waals surface area (Å²) >= 11 is 0. The number of rotatable bonds is 3. The minimum Gasteiger partial charge on any atom is -0.378 e. The number of carbonyl (C=O) groups is 1. The fraction of sp³-hybridized carbons (Fsp3) is 0.667. The van der Waals surface area contributed by atoms with E-state index in [1.54, 1.807) is 13.2 Å². The molecule has 18 heavy (non-hydrogen) atoms. The molecule has 1 fully saturated rings. The van der Waals surface area contributed by atoms with Crippen molar-refractivity contribution in [2.45, 2.75) is 38.8 Å². The number of amides is 2. The summed E-state index contributed by atoms with van der Waals surface area (Å²) in [6, 6.07) is 1.39. The van der Waals surface area contributed by atoms with Crippen LogP contribution >= 0.6 is 0 Å². The van der Waals surface area contributed by atoms with Crippen molar-refractivity contribution in [1.82, 2.24) is 10.5 Å². The molecule has 0 saturated heterocycles. The van der Waals surface area contributed by atoms with E-state index in [-0.39, 0.29) is 23.1 Å². The standard InChI is InChI=1S/C12H19N3O3/c1-11(2)8(7-12(11,3)17-4)13-10(16)14-9-5-6-18-15-9/h5-6,8H,7H2,1-4H3,(H2,13,14,15,16)/t8-,12-/m0/s1. The minimum atomic E-state index is -0.278. The Kier molecular flexibility index (Phi) is 3.06. The number of hydrogen-bond donors (Lipinski definition) is 2. The van der Waals surface area contributed by atoms with Gasteiger partial charge in [-0.2, -0.15) is 0 Å². The van der Waals surface area contributed by atoms with Crippen LogP contribution in [-0.4, -0.2) is 29.9 Å². The summed E-state index contributed by atoms with van der Waals surface area (Å²) in [5, 5.41) is 9.15. The zero-order valence-corrected chi connectivity index (χ0v) is 11.1. The first-order valence-electron chi connectivity index (χ1n) is 5.92. The summed E-state index contributed by atoms with van der Waals surface area (Å²) in [6.45, 7) is 6.23. The maximum Gasteiger partial charge on any atom is 0.320 e. The number of urea groups is 1. The first kappa shape index (κ1) is 12.9. The van der Waals surface area contributed by atoms with Gasteiger partial charge in [0.1, 0.15) is 6.26 Å². The van der Waals surface area contributed by atoms with Crippen LogP contribution < -0.4 is 10.6 Å². The molecule has 1 aromatic rings. The fourth-order valence-electron chi connectivity index (χ4n) is 2.31. The quantitative estimate of drug-likeness (QED) is 0.863. The van der Waals surface area contributed by atoms with E-state index in [1.807, 2.05) is 0 Å². The van der Waals surface area contributed by atoms with Gasteiger partial charge in [0.15, 0.2) is 5.82 Å². The molecule has 1 aromatic heterocycles. The molecule has 1 heterocycles. The fourth-order valence-corrected chi connectivity index (χ4v) is 2.31. The van der Waals surface area contributed by atoms with Crippen LogP contribution in [0.4, 0.5) is 10.6 Å². The van der Waals surface area contributed by atoms with E-state index in [0.717, 1.165) is 6.42 Å². The highest BCUT2D eigenvalue weighted by atomic mass is 16.5. The van der Waals surface area contributed by atoms with Crippen molar-refractivity contribution in [2.24, 2.45) is 5.41 Å². The van der Waals surface area contributed by atoms with Crippen molar-refractivity contribution in [3.05, 3.63) is 12.3 Å². The number of anilines is 1. The van der Waals surface area contributed by atoms with Crippen LogP contribution in [0.2, 0.25) is 0 Å². The molecule has 0 bridgehead atoms. The lowest BCUT2D eigenvalue weighted by molar-refractivity contribution is -0.177. The molecule has 6 nitrogen and oxygen atoms in total. The molecule has 6 heteroatoms. The Morgan fingerprint density at radius 2 is 2.28 bits per heavy atom. The van der Waals surface area contributed by atoms with Crippen molar-refractivity contribution in [3.63, 3.8) is 0 Å². The normalized spacial score (nSPS) is 29.4. The number of nitrogens with one attached hydrogen (secondary N) is 2. The third-order valence-corrected chi connectivity index (χ3v) is 4.26. The topological polar surface area (TPSA) is 76.4 Å². The molecule has 0 unspecified atom stereocenters. The summed E-state index contributed by atoms with van der Waals surface area (Å²) in [7, 11) is 1.70. The van der Waals surface area contributed by atoms with Crippen molar-refractivity contribution in [3.8, 4) is 0 Å². The highest BCUT2D eigenvalue weighted by Gasteiger charge is 2.58. The number of aromatic nitrogens is 1. The molecule has 0 aromatic carbocycles. The number of ether oxygens (including phenoxy) is 1. The lowest BCUT2D eigenvalue weighted by atomic mass is 9.56. The Bertz CT molecular complexity index is 430. The molecule has 0 spiro atoms. The van der Waals surface area contributed by atoms with Crippen LogP contribution in [0.3, 0.4) is 0 Å². The zero-order valence-electron chi connectivity index (χ0n) is 11.1. The maximum absolute atomic E-state index is 11.8. The molecule has 2 rings (SSSR count).